The molecule has 0 spiro atoms. The minimum atomic E-state index is -5.04. The number of aromatic nitrogens is 2. The van der Waals surface area contributed by atoms with E-state index < -0.39 is 50.9 Å². The summed E-state index contributed by atoms with van der Waals surface area (Å²) in [5.74, 6) is -1.90. The van der Waals surface area contributed by atoms with Crippen molar-refractivity contribution in [1.29, 1.82) is 5.26 Å². The Balaban J connectivity index is 1.93. The van der Waals surface area contributed by atoms with Gasteiger partial charge in [-0.1, -0.05) is 12.6 Å². The number of halogens is 5. The fraction of sp³-hybridized carbons (Fsp3) is 0.148. The number of thiophene rings is 1. The van der Waals surface area contributed by atoms with Gasteiger partial charge in [-0.2, -0.15) is 18.4 Å². The molecule has 0 saturated carbocycles. The van der Waals surface area contributed by atoms with Crippen LogP contribution in [0.2, 0.25) is 0 Å². The second kappa shape index (κ2) is 10.4. The molecule has 40 heavy (non-hydrogen) atoms. The van der Waals surface area contributed by atoms with Gasteiger partial charge in [0.2, 0.25) is 0 Å². The van der Waals surface area contributed by atoms with Gasteiger partial charge in [-0.25, -0.2) is 22.2 Å². The Morgan fingerprint density at radius 1 is 1.12 bits per heavy atom. The molecular formula is C27H18F5N3O3S2. The van der Waals surface area contributed by atoms with E-state index in [1.165, 1.54) is 30.5 Å². The fourth-order valence-electron chi connectivity index (χ4n) is 3.98. The molecule has 0 unspecified atom stereocenters. The zero-order valence-corrected chi connectivity index (χ0v) is 22.4. The third-order valence-electron chi connectivity index (χ3n) is 5.87. The van der Waals surface area contributed by atoms with Crippen molar-refractivity contribution in [2.24, 2.45) is 0 Å². The Kier molecular flexibility index (Phi) is 7.53. The zero-order chi connectivity index (χ0) is 29.6. The number of nitriles is 1. The average molecular weight is 592 g/mol. The van der Waals surface area contributed by atoms with E-state index in [-0.39, 0.29) is 26.7 Å². The van der Waals surface area contributed by atoms with Crippen molar-refractivity contribution in [3.63, 3.8) is 0 Å². The first kappa shape index (κ1) is 28.8. The van der Waals surface area contributed by atoms with E-state index >= 15 is 0 Å². The van der Waals surface area contributed by atoms with E-state index in [1.807, 2.05) is 0 Å². The van der Waals surface area contributed by atoms with Crippen molar-refractivity contribution in [3.05, 3.63) is 99.5 Å². The monoisotopic (exact) mass is 591 g/mol. The summed E-state index contributed by atoms with van der Waals surface area (Å²) in [6, 6.07) is 9.01. The maximum absolute atomic E-state index is 14.4. The topological polar surface area (TPSA) is 92.8 Å². The quantitative estimate of drug-likeness (QED) is 0.246. The third kappa shape index (κ3) is 5.59. The smallest absolute Gasteiger partial charge is 0.302 e. The molecule has 0 radical (unpaired) electrons. The van der Waals surface area contributed by atoms with Gasteiger partial charge in [0.25, 0.3) is 5.56 Å². The molecule has 0 atom stereocenters. The highest BCUT2D eigenvalue weighted by Crippen LogP contribution is 2.39. The van der Waals surface area contributed by atoms with Crippen molar-refractivity contribution in [1.82, 2.24) is 9.55 Å². The number of hydrogen-bond acceptors (Lipinski definition) is 6. The van der Waals surface area contributed by atoms with Crippen LogP contribution in [0.15, 0.2) is 65.1 Å². The van der Waals surface area contributed by atoms with E-state index in [1.54, 1.807) is 6.92 Å². The SMILES string of the molecule is C=C(C)c1cc(-c2ccc(-c3cc(C(F)(F)F)c(C#N)c(=O)n3Cc3ccc(F)cc3F)s2)cnc1S(C)(=O)=O. The van der Waals surface area contributed by atoms with Gasteiger partial charge in [0.15, 0.2) is 14.9 Å². The van der Waals surface area contributed by atoms with Crippen LogP contribution < -0.4 is 5.56 Å². The summed E-state index contributed by atoms with van der Waals surface area (Å²) in [6.07, 6.45) is -2.75. The number of rotatable bonds is 6. The van der Waals surface area contributed by atoms with Crippen molar-refractivity contribution >= 4 is 26.7 Å². The van der Waals surface area contributed by atoms with Crippen molar-refractivity contribution in [2.45, 2.75) is 24.7 Å². The Morgan fingerprint density at radius 2 is 1.80 bits per heavy atom. The molecule has 0 aliphatic heterocycles. The summed E-state index contributed by atoms with van der Waals surface area (Å²) in [5.41, 5.74) is -3.24. The van der Waals surface area contributed by atoms with Crippen molar-refractivity contribution in [2.75, 3.05) is 6.26 Å². The van der Waals surface area contributed by atoms with Gasteiger partial charge in [0.05, 0.1) is 22.7 Å². The predicted octanol–water partition coefficient (Wildman–Crippen LogP) is 6.29. The summed E-state index contributed by atoms with van der Waals surface area (Å²) >= 11 is 0.963. The summed E-state index contributed by atoms with van der Waals surface area (Å²) in [4.78, 5) is 17.8. The lowest BCUT2D eigenvalue weighted by atomic mass is 10.1. The van der Waals surface area contributed by atoms with Crippen molar-refractivity contribution in [3.8, 4) is 27.1 Å². The van der Waals surface area contributed by atoms with E-state index in [0.29, 0.717) is 28.1 Å². The lowest BCUT2D eigenvalue weighted by Gasteiger charge is -2.17. The van der Waals surface area contributed by atoms with Crippen molar-refractivity contribution < 1.29 is 30.4 Å². The molecule has 13 heteroatoms. The minimum Gasteiger partial charge on any atom is -0.302 e. The van der Waals surface area contributed by atoms with Crippen LogP contribution in [0.3, 0.4) is 0 Å². The van der Waals surface area contributed by atoms with Gasteiger partial charge >= 0.3 is 6.18 Å². The van der Waals surface area contributed by atoms with E-state index in [2.05, 4.69) is 11.6 Å². The van der Waals surface area contributed by atoms with Crippen LogP contribution >= 0.6 is 11.3 Å². The molecule has 3 aromatic heterocycles. The van der Waals surface area contributed by atoms with Crippen LogP contribution in [0.1, 0.15) is 29.2 Å². The number of hydrogen-bond donors (Lipinski definition) is 0. The maximum Gasteiger partial charge on any atom is 0.417 e. The molecule has 0 amide bonds. The Morgan fingerprint density at radius 3 is 2.38 bits per heavy atom. The van der Waals surface area contributed by atoms with E-state index in [9.17, 15) is 40.4 Å². The Bertz CT molecular complexity index is 1880. The summed E-state index contributed by atoms with van der Waals surface area (Å²) in [7, 11) is -3.68. The highest BCUT2D eigenvalue weighted by Gasteiger charge is 2.37. The number of allylic oxidation sites excluding steroid dienone is 1. The van der Waals surface area contributed by atoms with Crippen LogP contribution in [0, 0.1) is 23.0 Å². The van der Waals surface area contributed by atoms with Gasteiger partial charge in [-0.3, -0.25) is 4.79 Å². The standard InChI is InChI=1S/C27H18F5N3O3S2/c1-14(2)18-8-16(12-34-25(18)40(3,37)38)23-6-7-24(39-23)22-10-20(27(30,31)32)19(11-33)26(36)35(22)13-15-4-5-17(28)9-21(15)29/h4-10,12H,1,13H2,2-3H3. The average Bonchev–Trinajstić information content (AvgIpc) is 3.35. The lowest BCUT2D eigenvalue weighted by molar-refractivity contribution is -0.137. The molecule has 0 fully saturated rings. The van der Waals surface area contributed by atoms with Gasteiger partial charge < -0.3 is 4.57 Å². The second-order valence-electron chi connectivity index (χ2n) is 8.85. The summed E-state index contributed by atoms with van der Waals surface area (Å²) in [6.45, 7) is 4.80. The fourth-order valence-corrected chi connectivity index (χ4v) is 5.87. The van der Waals surface area contributed by atoms with Crippen LogP contribution in [0.25, 0.3) is 26.6 Å². The van der Waals surface area contributed by atoms with Gasteiger partial charge in [-0.15, -0.1) is 11.3 Å². The predicted molar refractivity (Wildman–Crippen MR) is 140 cm³/mol. The zero-order valence-electron chi connectivity index (χ0n) is 20.8. The Labute approximate surface area is 229 Å². The normalized spacial score (nSPS) is 11.8. The number of benzene rings is 1. The molecule has 0 saturated heterocycles. The largest absolute Gasteiger partial charge is 0.417 e. The number of alkyl halides is 3. The van der Waals surface area contributed by atoms with Crippen LogP contribution in [0.4, 0.5) is 22.0 Å². The lowest BCUT2D eigenvalue weighted by Crippen LogP contribution is -2.28. The number of pyridine rings is 2. The van der Waals surface area contributed by atoms with Crippen LogP contribution in [0.5, 0.6) is 0 Å². The molecule has 0 aliphatic carbocycles. The maximum atomic E-state index is 14.4. The molecule has 6 nitrogen and oxygen atoms in total. The first-order valence-electron chi connectivity index (χ1n) is 11.3. The van der Waals surface area contributed by atoms with Gasteiger partial charge in [0, 0.05) is 40.1 Å². The molecular weight excluding hydrogens is 573 g/mol. The minimum absolute atomic E-state index is 0.161. The van der Waals surface area contributed by atoms with E-state index in [0.717, 1.165) is 34.3 Å². The molecule has 0 bridgehead atoms. The van der Waals surface area contributed by atoms with Gasteiger partial charge in [0.1, 0.15) is 23.3 Å². The van der Waals surface area contributed by atoms with Crippen LogP contribution in [-0.4, -0.2) is 24.2 Å². The second-order valence-corrected chi connectivity index (χ2v) is 11.9. The first-order chi connectivity index (χ1) is 18.6. The summed E-state index contributed by atoms with van der Waals surface area (Å²) in [5, 5.41) is 9.18. The molecule has 0 aliphatic rings. The molecule has 3 heterocycles. The highest BCUT2D eigenvalue weighted by molar-refractivity contribution is 7.90. The third-order valence-corrected chi connectivity index (χ3v) is 8.05. The van der Waals surface area contributed by atoms with Crippen LogP contribution in [-0.2, 0) is 22.6 Å². The molecule has 206 valence electrons. The van der Waals surface area contributed by atoms with E-state index in [4.69, 9.17) is 0 Å². The highest BCUT2D eigenvalue weighted by atomic mass is 32.2. The number of sulfone groups is 1. The Hall–Kier alpha value is -4.15. The first-order valence-corrected chi connectivity index (χ1v) is 14.0. The number of nitrogens with zero attached hydrogens (tertiary/aromatic N) is 3. The molecule has 4 aromatic rings. The van der Waals surface area contributed by atoms with Gasteiger partial charge in [-0.05, 0) is 42.8 Å². The molecule has 0 N–H and O–H groups in total. The molecule has 4 rings (SSSR count). The molecule has 1 aromatic carbocycles. The summed E-state index contributed by atoms with van der Waals surface area (Å²) < 4.78 is 94.5.